The van der Waals surface area contributed by atoms with E-state index in [1.165, 1.54) is 12.3 Å². The van der Waals surface area contributed by atoms with Crippen molar-refractivity contribution in [3.63, 3.8) is 0 Å². The molecule has 2 N–H and O–H groups in total. The lowest BCUT2D eigenvalue weighted by molar-refractivity contribution is -0.326. The number of esters is 1. The van der Waals surface area contributed by atoms with E-state index in [2.05, 4.69) is 9.47 Å². The fraction of sp³-hybridized carbons (Fsp3) is 0.400. The molecular formula is C10H11F3N2O4. The van der Waals surface area contributed by atoms with Gasteiger partial charge < -0.3 is 15.0 Å². The van der Waals surface area contributed by atoms with E-state index in [9.17, 15) is 22.8 Å². The van der Waals surface area contributed by atoms with E-state index in [0.29, 0.717) is 0 Å². The quantitative estimate of drug-likeness (QED) is 0.627. The summed E-state index contributed by atoms with van der Waals surface area (Å²) < 4.78 is 43.7. The molecule has 0 saturated carbocycles. The second-order valence-corrected chi connectivity index (χ2v) is 3.44. The number of hydrogen-bond donors (Lipinski definition) is 1. The largest absolute Gasteiger partial charge is 0.522 e. The van der Waals surface area contributed by atoms with Crippen LogP contribution in [-0.2, 0) is 20.8 Å². The number of halogens is 3. The Morgan fingerprint density at radius 2 is 2.00 bits per heavy atom. The number of carbonyl (C=O) groups excluding carboxylic acids is 1. The van der Waals surface area contributed by atoms with E-state index >= 15 is 0 Å². The Balaban J connectivity index is 2.39. The molecule has 1 aromatic heterocycles. The molecule has 0 spiro atoms. The van der Waals surface area contributed by atoms with Crippen molar-refractivity contribution in [1.82, 2.24) is 4.57 Å². The third-order valence-corrected chi connectivity index (χ3v) is 1.92. The molecular weight excluding hydrogens is 269 g/mol. The normalized spacial score (nSPS) is 11.3. The molecule has 1 heterocycles. The van der Waals surface area contributed by atoms with Gasteiger partial charge in [0.25, 0.3) is 5.56 Å². The number of ether oxygens (including phenoxy) is 2. The highest BCUT2D eigenvalue weighted by atomic mass is 19.4. The minimum atomic E-state index is -4.77. The second-order valence-electron chi connectivity index (χ2n) is 3.44. The van der Waals surface area contributed by atoms with Gasteiger partial charge in [-0.25, -0.2) is 0 Å². The molecule has 0 unspecified atom stereocenters. The minimum Gasteiger partial charge on any atom is -0.462 e. The molecule has 0 atom stereocenters. The van der Waals surface area contributed by atoms with Gasteiger partial charge in [0.2, 0.25) is 0 Å². The second kappa shape index (κ2) is 6.23. The van der Waals surface area contributed by atoms with E-state index in [0.717, 1.165) is 10.6 Å². The van der Waals surface area contributed by atoms with Gasteiger partial charge in [-0.2, -0.15) is 0 Å². The van der Waals surface area contributed by atoms with Crippen LogP contribution in [0.5, 0.6) is 0 Å². The molecule has 0 amide bonds. The third-order valence-electron chi connectivity index (χ3n) is 1.92. The number of alkyl halides is 3. The fourth-order valence-corrected chi connectivity index (χ4v) is 1.17. The van der Waals surface area contributed by atoms with Gasteiger partial charge in [-0.05, 0) is 6.07 Å². The number of nitrogen functional groups attached to an aromatic ring is 1. The monoisotopic (exact) mass is 280 g/mol. The van der Waals surface area contributed by atoms with E-state index in [1.54, 1.807) is 0 Å². The Kier molecular flexibility index (Phi) is 4.93. The van der Waals surface area contributed by atoms with Crippen molar-refractivity contribution in [2.24, 2.45) is 0 Å². The molecule has 0 aliphatic rings. The molecule has 1 aromatic rings. The van der Waals surface area contributed by atoms with Crippen molar-refractivity contribution in [1.29, 1.82) is 0 Å². The maximum atomic E-state index is 11.6. The first-order valence-corrected chi connectivity index (χ1v) is 5.10. The lowest BCUT2D eigenvalue weighted by Crippen LogP contribution is -2.26. The number of pyridine rings is 1. The zero-order valence-corrected chi connectivity index (χ0v) is 9.64. The smallest absolute Gasteiger partial charge is 0.462 e. The van der Waals surface area contributed by atoms with Gasteiger partial charge in [-0.1, -0.05) is 0 Å². The number of aromatic nitrogens is 1. The van der Waals surface area contributed by atoms with E-state index in [4.69, 9.17) is 5.73 Å². The van der Waals surface area contributed by atoms with E-state index < -0.39 is 37.6 Å². The molecule has 0 fully saturated rings. The van der Waals surface area contributed by atoms with Crippen LogP contribution >= 0.6 is 0 Å². The van der Waals surface area contributed by atoms with Gasteiger partial charge in [-0.15, -0.1) is 13.2 Å². The number of rotatable bonds is 5. The summed E-state index contributed by atoms with van der Waals surface area (Å²) in [5, 5.41) is 0. The minimum absolute atomic E-state index is 0.271. The Bertz CT molecular complexity index is 498. The SMILES string of the molecule is Nc1ccc(=O)n(CC(=O)OCCOC(F)(F)F)c1. The highest BCUT2D eigenvalue weighted by Gasteiger charge is 2.28. The predicted molar refractivity (Wildman–Crippen MR) is 58.1 cm³/mol. The van der Waals surface area contributed by atoms with Gasteiger partial charge in [-0.3, -0.25) is 14.3 Å². The molecule has 1 rings (SSSR count). The van der Waals surface area contributed by atoms with Crippen LogP contribution < -0.4 is 11.3 Å². The predicted octanol–water partition coefficient (Wildman–Crippen LogP) is 0.510. The van der Waals surface area contributed by atoms with Crippen molar-refractivity contribution in [3.05, 3.63) is 28.7 Å². The van der Waals surface area contributed by atoms with E-state index in [1.807, 2.05) is 0 Å². The van der Waals surface area contributed by atoms with Crippen LogP contribution in [0.15, 0.2) is 23.1 Å². The van der Waals surface area contributed by atoms with Gasteiger partial charge in [0.05, 0.1) is 6.61 Å². The number of nitrogens with zero attached hydrogens (tertiary/aromatic N) is 1. The van der Waals surface area contributed by atoms with Crippen molar-refractivity contribution < 1.29 is 27.4 Å². The number of nitrogens with two attached hydrogens (primary N) is 1. The lowest BCUT2D eigenvalue weighted by atomic mass is 10.4. The van der Waals surface area contributed by atoms with Crippen LogP contribution in [0.4, 0.5) is 18.9 Å². The molecule has 9 heteroatoms. The molecule has 0 aromatic carbocycles. The maximum absolute atomic E-state index is 11.6. The van der Waals surface area contributed by atoms with Gasteiger partial charge >= 0.3 is 12.3 Å². The van der Waals surface area contributed by atoms with Crippen LogP contribution in [0.1, 0.15) is 0 Å². The first kappa shape index (κ1) is 15.0. The molecule has 0 aliphatic carbocycles. The van der Waals surface area contributed by atoms with Gasteiger partial charge in [0, 0.05) is 18.0 Å². The summed E-state index contributed by atoms with van der Waals surface area (Å²) in [6, 6.07) is 2.52. The van der Waals surface area contributed by atoms with Crippen molar-refractivity contribution >= 4 is 11.7 Å². The summed E-state index contributed by atoms with van der Waals surface area (Å²) in [5.41, 5.74) is 5.21. The summed E-state index contributed by atoms with van der Waals surface area (Å²) in [4.78, 5) is 22.5. The molecule has 19 heavy (non-hydrogen) atoms. The average Bonchev–Trinajstić information content (AvgIpc) is 2.28. The van der Waals surface area contributed by atoms with E-state index in [-0.39, 0.29) is 5.69 Å². The maximum Gasteiger partial charge on any atom is 0.522 e. The first-order chi connectivity index (χ1) is 8.78. The van der Waals surface area contributed by atoms with Crippen LogP contribution in [0.3, 0.4) is 0 Å². The van der Waals surface area contributed by atoms with Crippen molar-refractivity contribution in [2.45, 2.75) is 12.9 Å². The lowest BCUT2D eigenvalue weighted by Gasteiger charge is -2.09. The Labute approximate surface area is 105 Å². The summed E-state index contributed by atoms with van der Waals surface area (Å²) in [5.74, 6) is -0.863. The first-order valence-electron chi connectivity index (χ1n) is 5.10. The average molecular weight is 280 g/mol. The molecule has 106 valence electrons. The molecule has 0 saturated heterocycles. The standard InChI is InChI=1S/C10H11F3N2O4/c11-10(12,13)19-4-3-18-9(17)6-15-5-7(14)1-2-8(15)16/h1-2,5H,3-4,6,14H2. The van der Waals surface area contributed by atoms with Crippen LogP contribution in [0.25, 0.3) is 0 Å². The highest BCUT2D eigenvalue weighted by molar-refractivity contribution is 5.69. The summed E-state index contributed by atoms with van der Waals surface area (Å²) in [6.07, 6.45) is -3.53. The Morgan fingerprint density at radius 3 is 2.63 bits per heavy atom. The third kappa shape index (κ3) is 5.91. The van der Waals surface area contributed by atoms with Crippen molar-refractivity contribution in [3.8, 4) is 0 Å². The summed E-state index contributed by atoms with van der Waals surface area (Å²) in [7, 11) is 0. The topological polar surface area (TPSA) is 83.6 Å². The zero-order valence-electron chi connectivity index (χ0n) is 9.64. The van der Waals surface area contributed by atoms with Gasteiger partial charge in [0.15, 0.2) is 0 Å². The fourth-order valence-electron chi connectivity index (χ4n) is 1.17. The Hall–Kier alpha value is -2.03. The molecule has 6 nitrogen and oxygen atoms in total. The number of hydrogen-bond acceptors (Lipinski definition) is 5. The highest BCUT2D eigenvalue weighted by Crippen LogP contribution is 2.15. The molecule has 0 aliphatic heterocycles. The molecule has 0 radical (unpaired) electrons. The zero-order chi connectivity index (χ0) is 14.5. The van der Waals surface area contributed by atoms with Gasteiger partial charge in [0.1, 0.15) is 13.2 Å². The number of carbonyl (C=O) groups is 1. The van der Waals surface area contributed by atoms with Crippen LogP contribution in [-0.4, -0.2) is 30.1 Å². The van der Waals surface area contributed by atoms with Crippen LogP contribution in [0.2, 0.25) is 0 Å². The molecule has 0 bridgehead atoms. The Morgan fingerprint density at radius 1 is 1.32 bits per heavy atom. The summed E-state index contributed by atoms with van der Waals surface area (Å²) >= 11 is 0. The van der Waals surface area contributed by atoms with Crippen molar-refractivity contribution in [2.75, 3.05) is 18.9 Å². The summed E-state index contributed by atoms with van der Waals surface area (Å²) in [6.45, 7) is -1.80. The van der Waals surface area contributed by atoms with Crippen LogP contribution in [0, 0.1) is 0 Å². The number of anilines is 1.